The van der Waals surface area contributed by atoms with E-state index in [0.29, 0.717) is 0 Å². The molecule has 18 heavy (non-hydrogen) atoms. The highest BCUT2D eigenvalue weighted by atomic mass is 15.2. The maximum Gasteiger partial charge on any atom is 0.0109 e. The second-order valence-electron chi connectivity index (χ2n) is 5.77. The fourth-order valence-corrected chi connectivity index (χ4v) is 2.17. The lowest BCUT2D eigenvalue weighted by molar-refractivity contribution is 0.233. The molecular formula is C16H36N2. The first kappa shape index (κ1) is 17.9. The monoisotopic (exact) mass is 256 g/mol. The zero-order valence-corrected chi connectivity index (χ0v) is 13.4. The Balaban J connectivity index is 3.58. The van der Waals surface area contributed by atoms with Gasteiger partial charge in [-0.15, -0.1) is 0 Å². The van der Waals surface area contributed by atoms with Crippen LogP contribution in [0.15, 0.2) is 0 Å². The third kappa shape index (κ3) is 12.4. The molecule has 0 aromatic heterocycles. The summed E-state index contributed by atoms with van der Waals surface area (Å²) in [5.74, 6) is 0. The second-order valence-corrected chi connectivity index (χ2v) is 5.77. The second kappa shape index (κ2) is 13.4. The average molecular weight is 256 g/mol. The van der Waals surface area contributed by atoms with Crippen molar-refractivity contribution in [2.45, 2.75) is 65.2 Å². The van der Waals surface area contributed by atoms with E-state index >= 15 is 0 Å². The zero-order valence-electron chi connectivity index (χ0n) is 13.4. The highest BCUT2D eigenvalue weighted by Crippen LogP contribution is 2.06. The topological polar surface area (TPSA) is 6.48 Å². The minimum atomic E-state index is 1.19. The van der Waals surface area contributed by atoms with Crippen LogP contribution >= 0.6 is 0 Å². The first-order valence-electron chi connectivity index (χ1n) is 8.07. The van der Waals surface area contributed by atoms with E-state index in [-0.39, 0.29) is 0 Å². The highest BCUT2D eigenvalue weighted by Gasteiger charge is 2.04. The Kier molecular flexibility index (Phi) is 13.3. The molecule has 110 valence electrons. The molecule has 0 saturated heterocycles. The van der Waals surface area contributed by atoms with Crippen molar-refractivity contribution in [1.82, 2.24) is 9.80 Å². The van der Waals surface area contributed by atoms with Gasteiger partial charge in [0.25, 0.3) is 0 Å². The highest BCUT2D eigenvalue weighted by molar-refractivity contribution is 4.60. The van der Waals surface area contributed by atoms with Gasteiger partial charge in [-0.25, -0.2) is 0 Å². The normalized spacial score (nSPS) is 11.7. The number of unbranched alkanes of at least 4 members (excludes halogenated alkanes) is 6. The first-order valence-corrected chi connectivity index (χ1v) is 8.07. The summed E-state index contributed by atoms with van der Waals surface area (Å²) in [6.45, 7) is 9.60. The maximum atomic E-state index is 2.66. The molecule has 0 aliphatic heterocycles. The Morgan fingerprint density at radius 3 is 1.72 bits per heavy atom. The summed E-state index contributed by atoms with van der Waals surface area (Å²) < 4.78 is 0. The molecule has 0 atom stereocenters. The SMILES string of the molecule is CCCCCCCCN(CCCC)CCN(C)C. The molecule has 0 fully saturated rings. The van der Waals surface area contributed by atoms with Crippen LogP contribution in [0, 0.1) is 0 Å². The van der Waals surface area contributed by atoms with Gasteiger partial charge in [0.1, 0.15) is 0 Å². The number of likely N-dealkylation sites (N-methyl/N-ethyl adjacent to an activating group) is 1. The quantitative estimate of drug-likeness (QED) is 0.459. The molecular weight excluding hydrogens is 220 g/mol. The molecule has 2 heteroatoms. The van der Waals surface area contributed by atoms with Crippen LogP contribution in [0.5, 0.6) is 0 Å². The van der Waals surface area contributed by atoms with E-state index in [0.717, 1.165) is 0 Å². The molecule has 0 saturated carbocycles. The molecule has 0 spiro atoms. The van der Waals surface area contributed by atoms with E-state index in [1.54, 1.807) is 0 Å². The van der Waals surface area contributed by atoms with Crippen LogP contribution in [0.25, 0.3) is 0 Å². The molecule has 2 nitrogen and oxygen atoms in total. The Morgan fingerprint density at radius 1 is 0.556 bits per heavy atom. The van der Waals surface area contributed by atoms with Crippen LogP contribution in [0.4, 0.5) is 0 Å². The summed E-state index contributed by atoms with van der Waals surface area (Å²) in [4.78, 5) is 4.95. The van der Waals surface area contributed by atoms with Gasteiger partial charge in [-0.1, -0.05) is 52.4 Å². The van der Waals surface area contributed by atoms with E-state index in [1.165, 1.54) is 77.5 Å². The van der Waals surface area contributed by atoms with Crippen LogP contribution in [-0.4, -0.2) is 50.1 Å². The van der Waals surface area contributed by atoms with Gasteiger partial charge in [0, 0.05) is 13.1 Å². The first-order chi connectivity index (χ1) is 8.70. The molecule has 0 N–H and O–H groups in total. The molecule has 0 unspecified atom stereocenters. The average Bonchev–Trinajstić information content (AvgIpc) is 2.35. The van der Waals surface area contributed by atoms with Crippen LogP contribution in [0.2, 0.25) is 0 Å². The number of hydrogen-bond donors (Lipinski definition) is 0. The molecule has 0 aromatic rings. The number of nitrogens with zero attached hydrogens (tertiary/aromatic N) is 2. The minimum Gasteiger partial charge on any atom is -0.308 e. The van der Waals surface area contributed by atoms with Crippen LogP contribution in [0.3, 0.4) is 0 Å². The van der Waals surface area contributed by atoms with Crippen molar-refractivity contribution >= 4 is 0 Å². The van der Waals surface area contributed by atoms with E-state index in [9.17, 15) is 0 Å². The van der Waals surface area contributed by atoms with E-state index in [2.05, 4.69) is 37.7 Å². The van der Waals surface area contributed by atoms with Gasteiger partial charge < -0.3 is 9.80 Å². The van der Waals surface area contributed by atoms with Crippen LogP contribution < -0.4 is 0 Å². The van der Waals surface area contributed by atoms with Crippen molar-refractivity contribution in [2.24, 2.45) is 0 Å². The molecule has 0 aliphatic rings. The van der Waals surface area contributed by atoms with E-state index < -0.39 is 0 Å². The Bertz CT molecular complexity index is 157. The molecule has 0 bridgehead atoms. The van der Waals surface area contributed by atoms with Gasteiger partial charge >= 0.3 is 0 Å². The fraction of sp³-hybridized carbons (Fsp3) is 1.00. The molecule has 0 radical (unpaired) electrons. The summed E-state index contributed by atoms with van der Waals surface area (Å²) in [6, 6.07) is 0. The Labute approximate surface area is 116 Å². The molecule has 0 aromatic carbocycles. The summed E-state index contributed by atoms with van der Waals surface area (Å²) >= 11 is 0. The van der Waals surface area contributed by atoms with Crippen LogP contribution in [0.1, 0.15) is 65.2 Å². The summed E-state index contributed by atoms with van der Waals surface area (Å²) in [5, 5.41) is 0. The van der Waals surface area contributed by atoms with Crippen molar-refractivity contribution < 1.29 is 0 Å². The van der Waals surface area contributed by atoms with Gasteiger partial charge in [0.2, 0.25) is 0 Å². The predicted molar refractivity (Wildman–Crippen MR) is 83.3 cm³/mol. The summed E-state index contributed by atoms with van der Waals surface area (Å²) in [7, 11) is 4.34. The van der Waals surface area contributed by atoms with Crippen molar-refractivity contribution in [2.75, 3.05) is 40.3 Å². The lowest BCUT2D eigenvalue weighted by Crippen LogP contribution is -2.33. The minimum absolute atomic E-state index is 1.19. The van der Waals surface area contributed by atoms with Gasteiger partial charge in [0.15, 0.2) is 0 Å². The third-order valence-corrected chi connectivity index (χ3v) is 3.52. The predicted octanol–water partition coefficient (Wildman–Crippen LogP) is 4.01. The lowest BCUT2D eigenvalue weighted by Gasteiger charge is -2.23. The van der Waals surface area contributed by atoms with Crippen molar-refractivity contribution in [3.8, 4) is 0 Å². The summed E-state index contributed by atoms with van der Waals surface area (Å²) in [6.07, 6.45) is 11.1. The maximum absolute atomic E-state index is 2.66. The smallest absolute Gasteiger partial charge is 0.0109 e. The largest absolute Gasteiger partial charge is 0.308 e. The van der Waals surface area contributed by atoms with Gasteiger partial charge in [-0.3, -0.25) is 0 Å². The molecule has 0 aliphatic carbocycles. The third-order valence-electron chi connectivity index (χ3n) is 3.52. The zero-order chi connectivity index (χ0) is 13.6. The van der Waals surface area contributed by atoms with E-state index in [4.69, 9.17) is 0 Å². The Morgan fingerprint density at radius 2 is 1.11 bits per heavy atom. The lowest BCUT2D eigenvalue weighted by atomic mass is 10.1. The van der Waals surface area contributed by atoms with Gasteiger partial charge in [-0.2, -0.15) is 0 Å². The van der Waals surface area contributed by atoms with Crippen molar-refractivity contribution in [3.05, 3.63) is 0 Å². The van der Waals surface area contributed by atoms with Crippen molar-refractivity contribution in [3.63, 3.8) is 0 Å². The molecule has 0 heterocycles. The standard InChI is InChI=1S/C16H36N2/c1-5-7-9-10-11-12-14-18(13-8-6-2)16-15-17(3)4/h5-16H2,1-4H3. The fourth-order valence-electron chi connectivity index (χ4n) is 2.17. The molecule has 0 amide bonds. The number of hydrogen-bond acceptors (Lipinski definition) is 2. The van der Waals surface area contributed by atoms with Crippen molar-refractivity contribution in [1.29, 1.82) is 0 Å². The molecule has 0 rings (SSSR count). The van der Waals surface area contributed by atoms with Crippen LogP contribution in [-0.2, 0) is 0 Å². The van der Waals surface area contributed by atoms with E-state index in [1.807, 2.05) is 0 Å². The Hall–Kier alpha value is -0.0800. The van der Waals surface area contributed by atoms with Gasteiger partial charge in [0.05, 0.1) is 0 Å². The van der Waals surface area contributed by atoms with Gasteiger partial charge in [-0.05, 0) is 40.0 Å². The number of rotatable bonds is 13. The summed E-state index contributed by atoms with van der Waals surface area (Å²) in [5.41, 5.74) is 0.